The monoisotopic (exact) mass is 422 g/mol. The molecule has 5 nitrogen and oxygen atoms in total. The highest BCUT2D eigenvalue weighted by Crippen LogP contribution is 2.25. The molecule has 0 saturated heterocycles. The standard InChI is InChI=1S/C21H27ClN2O3S/c1-21(2,3)17-7-11-19(12-8-17)24(28(4,26)27)15-20(25)23-14-13-16-5-9-18(22)10-6-16/h5-12H,13-15H2,1-4H3,(H,23,25). The Morgan fingerprint density at radius 1 is 1.04 bits per heavy atom. The van der Waals surface area contributed by atoms with Crippen molar-refractivity contribution in [3.63, 3.8) is 0 Å². The summed E-state index contributed by atoms with van der Waals surface area (Å²) in [7, 11) is -3.59. The molecule has 0 radical (unpaired) electrons. The number of halogens is 1. The van der Waals surface area contributed by atoms with Crippen LogP contribution >= 0.6 is 11.6 Å². The van der Waals surface area contributed by atoms with Crippen LogP contribution in [0.2, 0.25) is 5.02 Å². The number of amides is 1. The predicted octanol–water partition coefficient (Wildman–Crippen LogP) is 3.76. The Kier molecular flexibility index (Phi) is 7.12. The van der Waals surface area contributed by atoms with Gasteiger partial charge in [0.1, 0.15) is 6.54 Å². The van der Waals surface area contributed by atoms with Crippen molar-refractivity contribution in [1.82, 2.24) is 5.32 Å². The van der Waals surface area contributed by atoms with Crippen LogP contribution < -0.4 is 9.62 Å². The lowest BCUT2D eigenvalue weighted by atomic mass is 9.87. The van der Waals surface area contributed by atoms with Crippen LogP contribution in [0.4, 0.5) is 5.69 Å². The quantitative estimate of drug-likeness (QED) is 0.738. The van der Waals surface area contributed by atoms with E-state index >= 15 is 0 Å². The first-order chi connectivity index (χ1) is 13.0. The third-order valence-corrected chi connectivity index (χ3v) is 5.75. The molecule has 2 rings (SSSR count). The molecule has 7 heteroatoms. The normalized spacial score (nSPS) is 11.9. The van der Waals surface area contributed by atoms with E-state index < -0.39 is 10.0 Å². The van der Waals surface area contributed by atoms with Crippen molar-refractivity contribution in [2.24, 2.45) is 0 Å². The van der Waals surface area contributed by atoms with Gasteiger partial charge in [-0.2, -0.15) is 0 Å². The average molecular weight is 423 g/mol. The summed E-state index contributed by atoms with van der Waals surface area (Å²) in [6, 6.07) is 14.7. The molecule has 0 aromatic heterocycles. The van der Waals surface area contributed by atoms with E-state index in [1.54, 1.807) is 24.3 Å². The number of hydrogen-bond acceptors (Lipinski definition) is 3. The Bertz CT molecular complexity index is 902. The van der Waals surface area contributed by atoms with Crippen molar-refractivity contribution in [3.05, 3.63) is 64.7 Å². The lowest BCUT2D eigenvalue weighted by Gasteiger charge is -2.24. The molecule has 0 aliphatic carbocycles. The summed E-state index contributed by atoms with van der Waals surface area (Å²) in [5.41, 5.74) is 2.58. The van der Waals surface area contributed by atoms with Crippen molar-refractivity contribution in [1.29, 1.82) is 0 Å². The van der Waals surface area contributed by atoms with Crippen molar-refractivity contribution < 1.29 is 13.2 Å². The number of benzene rings is 2. The highest BCUT2D eigenvalue weighted by Gasteiger charge is 2.21. The molecule has 0 aliphatic heterocycles. The van der Waals surface area contributed by atoms with Gasteiger partial charge in [-0.05, 0) is 47.2 Å². The first-order valence-electron chi connectivity index (χ1n) is 9.06. The smallest absolute Gasteiger partial charge is 0.240 e. The zero-order valence-electron chi connectivity index (χ0n) is 16.7. The van der Waals surface area contributed by atoms with Gasteiger partial charge in [-0.15, -0.1) is 0 Å². The lowest BCUT2D eigenvalue weighted by molar-refractivity contribution is -0.119. The van der Waals surface area contributed by atoms with Crippen molar-refractivity contribution in [3.8, 4) is 0 Å². The Hall–Kier alpha value is -2.05. The van der Waals surface area contributed by atoms with E-state index in [0.29, 0.717) is 23.7 Å². The molecule has 0 atom stereocenters. The van der Waals surface area contributed by atoms with E-state index in [2.05, 4.69) is 26.1 Å². The number of nitrogens with zero attached hydrogens (tertiary/aromatic N) is 1. The number of sulfonamides is 1. The topological polar surface area (TPSA) is 66.5 Å². The van der Waals surface area contributed by atoms with Crippen molar-refractivity contribution in [2.45, 2.75) is 32.6 Å². The van der Waals surface area contributed by atoms with Gasteiger partial charge in [0.2, 0.25) is 15.9 Å². The zero-order valence-corrected chi connectivity index (χ0v) is 18.3. The molecule has 0 unspecified atom stereocenters. The second kappa shape index (κ2) is 8.97. The summed E-state index contributed by atoms with van der Waals surface area (Å²) in [5.74, 6) is -0.348. The number of rotatable bonds is 7. The first-order valence-corrected chi connectivity index (χ1v) is 11.3. The molecule has 152 valence electrons. The molecular weight excluding hydrogens is 396 g/mol. The summed E-state index contributed by atoms with van der Waals surface area (Å²) >= 11 is 5.86. The molecule has 0 fully saturated rings. The molecule has 0 bridgehead atoms. The van der Waals surface area contributed by atoms with E-state index in [-0.39, 0.29) is 17.9 Å². The van der Waals surface area contributed by atoms with E-state index in [1.807, 2.05) is 24.3 Å². The van der Waals surface area contributed by atoms with E-state index in [4.69, 9.17) is 11.6 Å². The number of nitrogens with one attached hydrogen (secondary N) is 1. The van der Waals surface area contributed by atoms with Crippen LogP contribution in [0, 0.1) is 0 Å². The molecule has 0 aliphatic rings. The van der Waals surface area contributed by atoms with Crippen LogP contribution in [0.25, 0.3) is 0 Å². The number of hydrogen-bond donors (Lipinski definition) is 1. The fourth-order valence-electron chi connectivity index (χ4n) is 2.71. The van der Waals surface area contributed by atoms with E-state index in [1.165, 1.54) is 0 Å². The number of carbonyl (C=O) groups excluding carboxylic acids is 1. The largest absolute Gasteiger partial charge is 0.354 e. The van der Waals surface area contributed by atoms with Gasteiger partial charge in [0.25, 0.3) is 0 Å². The second-order valence-electron chi connectivity index (χ2n) is 7.79. The minimum Gasteiger partial charge on any atom is -0.354 e. The van der Waals surface area contributed by atoms with Crippen LogP contribution in [-0.2, 0) is 26.7 Å². The zero-order chi connectivity index (χ0) is 20.9. The van der Waals surface area contributed by atoms with Crippen LogP contribution in [-0.4, -0.2) is 33.7 Å². The van der Waals surface area contributed by atoms with Gasteiger partial charge in [0.15, 0.2) is 0 Å². The van der Waals surface area contributed by atoms with Crippen LogP contribution in [0.3, 0.4) is 0 Å². The van der Waals surface area contributed by atoms with Gasteiger partial charge in [0.05, 0.1) is 11.9 Å². The average Bonchev–Trinajstić information content (AvgIpc) is 2.60. The highest BCUT2D eigenvalue weighted by atomic mass is 35.5. The first kappa shape index (κ1) is 22.2. The minimum atomic E-state index is -3.59. The summed E-state index contributed by atoms with van der Waals surface area (Å²) in [6.45, 7) is 6.43. The maximum Gasteiger partial charge on any atom is 0.240 e. The SMILES string of the molecule is CC(C)(C)c1ccc(N(CC(=O)NCCc2ccc(Cl)cc2)S(C)(=O)=O)cc1. The summed E-state index contributed by atoms with van der Waals surface area (Å²) in [4.78, 5) is 12.3. The Balaban J connectivity index is 2.01. The van der Waals surface area contributed by atoms with Crippen LogP contribution in [0.1, 0.15) is 31.9 Å². The van der Waals surface area contributed by atoms with Gasteiger partial charge >= 0.3 is 0 Å². The Morgan fingerprint density at radius 2 is 1.61 bits per heavy atom. The maximum atomic E-state index is 12.3. The maximum absolute atomic E-state index is 12.3. The third kappa shape index (κ3) is 6.53. The second-order valence-corrected chi connectivity index (χ2v) is 10.1. The van der Waals surface area contributed by atoms with Gasteiger partial charge in [-0.1, -0.05) is 56.6 Å². The fraction of sp³-hybridized carbons (Fsp3) is 0.381. The van der Waals surface area contributed by atoms with Gasteiger partial charge in [0, 0.05) is 11.6 Å². The lowest BCUT2D eigenvalue weighted by Crippen LogP contribution is -2.41. The summed E-state index contributed by atoms with van der Waals surface area (Å²) < 4.78 is 25.5. The highest BCUT2D eigenvalue weighted by molar-refractivity contribution is 7.92. The fourth-order valence-corrected chi connectivity index (χ4v) is 3.69. The van der Waals surface area contributed by atoms with E-state index in [0.717, 1.165) is 21.7 Å². The van der Waals surface area contributed by atoms with Gasteiger partial charge < -0.3 is 5.32 Å². The molecule has 0 heterocycles. The molecule has 1 amide bonds. The van der Waals surface area contributed by atoms with Gasteiger partial charge in [-0.25, -0.2) is 8.42 Å². The summed E-state index contributed by atoms with van der Waals surface area (Å²) in [6.07, 6.45) is 1.74. The van der Waals surface area contributed by atoms with Crippen LogP contribution in [0.15, 0.2) is 48.5 Å². The predicted molar refractivity (Wildman–Crippen MR) is 115 cm³/mol. The van der Waals surface area contributed by atoms with Gasteiger partial charge in [-0.3, -0.25) is 9.10 Å². The Morgan fingerprint density at radius 3 is 2.11 bits per heavy atom. The molecule has 2 aromatic carbocycles. The van der Waals surface area contributed by atoms with Crippen molar-refractivity contribution >= 4 is 33.2 Å². The van der Waals surface area contributed by atoms with Crippen molar-refractivity contribution in [2.75, 3.05) is 23.7 Å². The molecular formula is C21H27ClN2O3S. The molecule has 0 saturated carbocycles. The number of anilines is 1. The molecule has 28 heavy (non-hydrogen) atoms. The van der Waals surface area contributed by atoms with Crippen LogP contribution in [0.5, 0.6) is 0 Å². The third-order valence-electron chi connectivity index (χ3n) is 4.36. The number of carbonyl (C=O) groups is 1. The summed E-state index contributed by atoms with van der Waals surface area (Å²) in [5, 5.41) is 3.44. The molecule has 2 aromatic rings. The minimum absolute atomic E-state index is 0.0342. The Labute approximate surface area is 172 Å². The molecule has 0 spiro atoms. The molecule has 1 N–H and O–H groups in total. The van der Waals surface area contributed by atoms with E-state index in [9.17, 15) is 13.2 Å².